The van der Waals surface area contributed by atoms with Crippen LogP contribution in [0.3, 0.4) is 0 Å². The SMILES string of the molecule is CSCC[C@H](NC(=O)CN)C(=O)O.O=C(O)C(F)(F)F.O=C(O)C(F)(F)F. The van der Waals surface area contributed by atoms with Gasteiger partial charge >= 0.3 is 30.3 Å². The number of carbonyl (C=O) groups is 4. The predicted molar refractivity (Wildman–Crippen MR) is 79.0 cm³/mol. The largest absolute Gasteiger partial charge is 0.490 e. The van der Waals surface area contributed by atoms with Crippen LogP contribution in [0, 0.1) is 0 Å². The minimum atomic E-state index is -5.08. The van der Waals surface area contributed by atoms with Gasteiger partial charge in [0.15, 0.2) is 0 Å². The Balaban J connectivity index is -0.000000350. The number of nitrogens with one attached hydrogen (secondary N) is 1. The van der Waals surface area contributed by atoms with Crippen molar-refractivity contribution in [3.8, 4) is 0 Å². The molecule has 0 aromatic carbocycles. The van der Waals surface area contributed by atoms with Crippen molar-refractivity contribution >= 4 is 35.6 Å². The topological polar surface area (TPSA) is 167 Å². The van der Waals surface area contributed by atoms with Gasteiger partial charge in [0.2, 0.25) is 5.91 Å². The number of thioether (sulfide) groups is 1. The maximum absolute atomic E-state index is 10.8. The van der Waals surface area contributed by atoms with E-state index in [-0.39, 0.29) is 6.54 Å². The van der Waals surface area contributed by atoms with Gasteiger partial charge in [-0.15, -0.1) is 0 Å². The number of nitrogens with two attached hydrogens (primary N) is 1. The molecule has 6 N–H and O–H groups in total. The molecule has 0 radical (unpaired) electrons. The van der Waals surface area contributed by atoms with Crippen LogP contribution in [0.15, 0.2) is 0 Å². The average Bonchev–Trinajstić information content (AvgIpc) is 2.50. The van der Waals surface area contributed by atoms with E-state index in [1.807, 2.05) is 6.26 Å². The van der Waals surface area contributed by atoms with Gasteiger partial charge in [-0.05, 0) is 18.4 Å². The van der Waals surface area contributed by atoms with E-state index < -0.39 is 42.2 Å². The maximum atomic E-state index is 10.8. The summed E-state index contributed by atoms with van der Waals surface area (Å²) in [6, 6.07) is -0.816. The molecule has 0 aromatic heterocycles. The fourth-order valence-electron chi connectivity index (χ4n) is 0.746. The normalized spacial score (nSPS) is 11.7. The Labute approximate surface area is 151 Å². The number of hydrogen-bond acceptors (Lipinski definition) is 6. The molecule has 16 heteroatoms. The van der Waals surface area contributed by atoms with Crippen molar-refractivity contribution in [2.45, 2.75) is 24.8 Å². The maximum Gasteiger partial charge on any atom is 0.490 e. The first-order valence-electron chi connectivity index (χ1n) is 6.32. The van der Waals surface area contributed by atoms with Crippen LogP contribution >= 0.6 is 11.8 Å². The molecule has 0 aromatic rings. The van der Waals surface area contributed by atoms with E-state index in [1.165, 1.54) is 11.8 Å². The highest BCUT2D eigenvalue weighted by atomic mass is 32.2. The fraction of sp³-hybridized carbons (Fsp3) is 0.636. The Morgan fingerprint density at radius 1 is 0.963 bits per heavy atom. The molecule has 0 spiro atoms. The van der Waals surface area contributed by atoms with Gasteiger partial charge in [0, 0.05) is 0 Å². The van der Waals surface area contributed by atoms with Crippen LogP contribution in [-0.4, -0.2) is 76.1 Å². The number of carboxylic acids is 3. The number of carboxylic acid groups (broad SMARTS) is 3. The molecule has 0 heterocycles. The Morgan fingerprint density at radius 2 is 1.30 bits per heavy atom. The lowest BCUT2D eigenvalue weighted by Crippen LogP contribution is -2.43. The minimum Gasteiger partial charge on any atom is -0.480 e. The first-order chi connectivity index (χ1) is 12.0. The highest BCUT2D eigenvalue weighted by Gasteiger charge is 2.38. The monoisotopic (exact) mass is 434 g/mol. The smallest absolute Gasteiger partial charge is 0.480 e. The zero-order valence-corrected chi connectivity index (χ0v) is 14.2. The standard InChI is InChI=1S/C7H14N2O3S.2C2HF3O2/c1-13-3-2-5(7(11)12)9-6(10)4-8;2*3-2(4,5)1(6)7/h5H,2-4,8H2,1H3,(H,9,10)(H,11,12);2*(H,6,7)/t5-;;/m0../s1. The molecular weight excluding hydrogens is 418 g/mol. The second-order valence-electron chi connectivity index (χ2n) is 4.05. The highest BCUT2D eigenvalue weighted by molar-refractivity contribution is 7.98. The van der Waals surface area contributed by atoms with E-state index in [0.29, 0.717) is 12.2 Å². The molecule has 0 saturated carbocycles. The third kappa shape index (κ3) is 19.9. The Hall–Kier alpha value is -2.23. The van der Waals surface area contributed by atoms with E-state index in [4.69, 9.17) is 30.6 Å². The van der Waals surface area contributed by atoms with E-state index >= 15 is 0 Å². The summed E-state index contributed by atoms with van der Waals surface area (Å²) < 4.78 is 63.5. The van der Waals surface area contributed by atoms with Crippen molar-refractivity contribution in [1.29, 1.82) is 0 Å². The number of rotatable bonds is 6. The molecule has 0 saturated heterocycles. The van der Waals surface area contributed by atoms with Crippen LogP contribution in [0.4, 0.5) is 26.3 Å². The van der Waals surface area contributed by atoms with Gasteiger partial charge in [-0.2, -0.15) is 38.1 Å². The summed E-state index contributed by atoms with van der Waals surface area (Å²) >= 11 is 1.54. The number of amides is 1. The predicted octanol–water partition coefficient (Wildman–Crippen LogP) is 0.534. The Kier molecular flexibility index (Phi) is 15.2. The van der Waals surface area contributed by atoms with Crippen LogP contribution in [-0.2, 0) is 19.2 Å². The lowest BCUT2D eigenvalue weighted by molar-refractivity contribution is -0.193. The summed E-state index contributed by atoms with van der Waals surface area (Å²) in [7, 11) is 0. The van der Waals surface area contributed by atoms with E-state index in [9.17, 15) is 35.9 Å². The summed E-state index contributed by atoms with van der Waals surface area (Å²) in [5, 5.41) is 25.3. The van der Waals surface area contributed by atoms with Gasteiger partial charge in [-0.25, -0.2) is 14.4 Å². The van der Waals surface area contributed by atoms with E-state index in [1.54, 1.807) is 0 Å². The van der Waals surface area contributed by atoms with Gasteiger partial charge in [0.1, 0.15) is 6.04 Å². The molecule has 0 fully saturated rings. The summed E-state index contributed by atoms with van der Waals surface area (Å²) in [6.45, 7) is -0.178. The average molecular weight is 434 g/mol. The van der Waals surface area contributed by atoms with E-state index in [2.05, 4.69) is 5.32 Å². The minimum absolute atomic E-state index is 0.178. The molecule has 0 bridgehead atoms. The van der Waals surface area contributed by atoms with Crippen molar-refractivity contribution in [2.24, 2.45) is 5.73 Å². The van der Waals surface area contributed by atoms with E-state index in [0.717, 1.165) is 0 Å². The number of aliphatic carboxylic acids is 3. The van der Waals surface area contributed by atoms with Gasteiger partial charge in [0.05, 0.1) is 6.54 Å². The molecule has 1 atom stereocenters. The molecule has 0 aliphatic carbocycles. The van der Waals surface area contributed by atoms with Crippen molar-refractivity contribution in [2.75, 3.05) is 18.6 Å². The molecule has 0 rings (SSSR count). The quantitative estimate of drug-likeness (QED) is 0.375. The third-order valence-corrected chi connectivity index (χ3v) is 2.56. The van der Waals surface area contributed by atoms with Crippen molar-refractivity contribution in [3.05, 3.63) is 0 Å². The van der Waals surface area contributed by atoms with Gasteiger partial charge in [-0.3, -0.25) is 4.79 Å². The summed E-state index contributed by atoms with van der Waals surface area (Å²) in [5.74, 6) is -6.27. The molecule has 27 heavy (non-hydrogen) atoms. The van der Waals surface area contributed by atoms with Crippen LogP contribution < -0.4 is 11.1 Å². The lowest BCUT2D eigenvalue weighted by Gasteiger charge is -2.12. The molecular formula is C11H16F6N2O7S. The molecule has 1 amide bonds. The van der Waals surface area contributed by atoms with Crippen LogP contribution in [0.2, 0.25) is 0 Å². The molecule has 0 aliphatic rings. The zero-order chi connectivity index (χ0) is 22.4. The van der Waals surface area contributed by atoms with Gasteiger partial charge in [-0.1, -0.05) is 0 Å². The number of carbonyl (C=O) groups excluding carboxylic acids is 1. The summed E-state index contributed by atoms with van der Waals surface area (Å²) in [4.78, 5) is 39.2. The van der Waals surface area contributed by atoms with Crippen molar-refractivity contribution in [1.82, 2.24) is 5.32 Å². The second kappa shape index (κ2) is 13.9. The molecule has 0 unspecified atom stereocenters. The van der Waals surface area contributed by atoms with Crippen molar-refractivity contribution in [3.63, 3.8) is 0 Å². The molecule has 160 valence electrons. The molecule has 9 nitrogen and oxygen atoms in total. The number of halogens is 6. The van der Waals surface area contributed by atoms with Crippen molar-refractivity contribution < 1.29 is 60.8 Å². The van der Waals surface area contributed by atoms with Gasteiger partial charge < -0.3 is 26.4 Å². The lowest BCUT2D eigenvalue weighted by atomic mass is 10.2. The number of alkyl halides is 6. The summed E-state index contributed by atoms with van der Waals surface area (Å²) in [5.41, 5.74) is 5.04. The summed E-state index contributed by atoms with van der Waals surface area (Å²) in [6.07, 6.45) is -7.87. The molecule has 0 aliphatic heterocycles. The van der Waals surface area contributed by atoms with Gasteiger partial charge in [0.25, 0.3) is 0 Å². The zero-order valence-electron chi connectivity index (χ0n) is 13.4. The van der Waals surface area contributed by atoms with Crippen LogP contribution in [0.5, 0.6) is 0 Å². The second-order valence-corrected chi connectivity index (χ2v) is 5.04. The first kappa shape index (κ1) is 29.5. The number of hydrogen-bond donors (Lipinski definition) is 5. The highest BCUT2D eigenvalue weighted by Crippen LogP contribution is 2.13. The Morgan fingerprint density at radius 3 is 1.48 bits per heavy atom. The Bertz CT molecular complexity index is 475. The van der Waals surface area contributed by atoms with Crippen LogP contribution in [0.1, 0.15) is 6.42 Å². The fourth-order valence-corrected chi connectivity index (χ4v) is 1.22. The first-order valence-corrected chi connectivity index (χ1v) is 7.71. The third-order valence-electron chi connectivity index (χ3n) is 1.91. The van der Waals surface area contributed by atoms with Crippen LogP contribution in [0.25, 0.3) is 0 Å².